The van der Waals surface area contributed by atoms with Gasteiger partial charge in [-0.15, -0.1) is 0 Å². The van der Waals surface area contributed by atoms with Gasteiger partial charge in [-0.25, -0.2) is 0 Å². The van der Waals surface area contributed by atoms with E-state index in [1.165, 1.54) is 22.2 Å². The van der Waals surface area contributed by atoms with E-state index in [2.05, 4.69) is 79.4 Å². The van der Waals surface area contributed by atoms with Crippen LogP contribution in [0.1, 0.15) is 92.3 Å². The third kappa shape index (κ3) is 14.0. The van der Waals surface area contributed by atoms with Crippen molar-refractivity contribution in [3.63, 3.8) is 0 Å². The Bertz CT molecular complexity index is 1650. The summed E-state index contributed by atoms with van der Waals surface area (Å²) < 4.78 is 13.1. The van der Waals surface area contributed by atoms with Gasteiger partial charge in [0.05, 0.1) is 11.2 Å². The maximum atomic E-state index is 11.8. The highest BCUT2D eigenvalue weighted by Crippen LogP contribution is 2.39. The number of halogens is 1. The topological polar surface area (TPSA) is 124 Å². The number of nitrogens with one attached hydrogen (secondary N) is 2. The molecule has 2 aromatic rings. The molecule has 2 aromatic carbocycles. The summed E-state index contributed by atoms with van der Waals surface area (Å²) in [6, 6.07) is 11.8. The highest BCUT2D eigenvalue weighted by molar-refractivity contribution is 9.10. The van der Waals surface area contributed by atoms with Crippen molar-refractivity contribution in [3.05, 3.63) is 75.2 Å². The van der Waals surface area contributed by atoms with Gasteiger partial charge >= 0.3 is 21.2 Å². The number of aryl methyl sites for hydroxylation is 2. The number of benzene rings is 2. The van der Waals surface area contributed by atoms with Gasteiger partial charge in [-0.2, -0.15) is 0 Å². The number of carbonyl (C=O) groups is 2. The van der Waals surface area contributed by atoms with E-state index in [0.29, 0.717) is 0 Å². The monoisotopic (exact) mass is 822 g/mol. The molecule has 0 unspecified atom stereocenters. The van der Waals surface area contributed by atoms with E-state index in [1.807, 2.05) is 74.6 Å². The normalized spacial score (nSPS) is 17.8. The van der Waals surface area contributed by atoms with Gasteiger partial charge < -0.3 is 39.6 Å². The molecule has 1 fully saturated rings. The molecule has 3 heterocycles. The molecule has 0 saturated carbocycles. The van der Waals surface area contributed by atoms with E-state index >= 15 is 0 Å². The molecule has 0 atom stereocenters. The summed E-state index contributed by atoms with van der Waals surface area (Å²) in [5.41, 5.74) is 7.17. The predicted octanol–water partition coefficient (Wildman–Crippen LogP) is 8.14. The van der Waals surface area contributed by atoms with Crippen LogP contribution in [0, 0.1) is 25.7 Å². The Hall–Kier alpha value is -2.71. The lowest BCUT2D eigenvalue weighted by molar-refractivity contribution is -0.119. The van der Waals surface area contributed by atoms with Crippen LogP contribution in [0.5, 0.6) is 0 Å². The van der Waals surface area contributed by atoms with Gasteiger partial charge in [-0.05, 0) is 133 Å². The molecule has 0 aliphatic carbocycles. The minimum atomic E-state index is -0.407. The molecule has 0 bridgehead atoms. The van der Waals surface area contributed by atoms with Crippen LogP contribution >= 0.6 is 15.9 Å². The van der Waals surface area contributed by atoms with Crippen LogP contribution in [0.15, 0.2) is 58.5 Å². The molecule has 4 N–H and O–H groups in total. The van der Waals surface area contributed by atoms with Gasteiger partial charge in [0.15, 0.2) is 0 Å². The molecule has 0 spiro atoms. The Labute approximate surface area is 341 Å². The van der Waals surface area contributed by atoms with Crippen LogP contribution in [0.4, 0.5) is 11.4 Å². The zero-order chi connectivity index (χ0) is 40.5. The van der Waals surface area contributed by atoms with Crippen LogP contribution in [-0.4, -0.2) is 90.1 Å². The van der Waals surface area contributed by atoms with Gasteiger partial charge in [0, 0.05) is 40.8 Å². The molecule has 3 aliphatic heterocycles. The Morgan fingerprint density at radius 2 is 1.24 bits per heavy atom. The number of hydrogen-bond acceptors (Lipinski definition) is 8. The first-order valence-electron chi connectivity index (χ1n) is 19.2. The minimum absolute atomic E-state index is 0. The number of hydrogen-bond donors (Lipinski definition) is 4. The highest BCUT2D eigenvalue weighted by Gasteiger charge is 2.52. The minimum Gasteiger partial charge on any atom is -0.437 e. The summed E-state index contributed by atoms with van der Waals surface area (Å²) in [7, 11) is -1.03. The Morgan fingerprint density at radius 1 is 0.782 bits per heavy atom. The van der Waals surface area contributed by atoms with E-state index in [9.17, 15) is 19.6 Å². The first-order chi connectivity index (χ1) is 25.1. The summed E-state index contributed by atoms with van der Waals surface area (Å²) in [4.78, 5) is 27.3. The van der Waals surface area contributed by atoms with E-state index in [-0.39, 0.29) is 56.4 Å². The van der Waals surface area contributed by atoms with Crippen molar-refractivity contribution in [2.24, 2.45) is 11.8 Å². The van der Waals surface area contributed by atoms with Crippen molar-refractivity contribution in [3.8, 4) is 0 Å². The maximum absolute atomic E-state index is 11.8. The predicted molar refractivity (Wildman–Crippen MR) is 236 cm³/mol. The fourth-order valence-electron chi connectivity index (χ4n) is 5.81. The van der Waals surface area contributed by atoms with Gasteiger partial charge in [0.1, 0.15) is 0 Å². The van der Waals surface area contributed by atoms with E-state index < -0.39 is 7.05 Å². The lowest BCUT2D eigenvalue weighted by atomic mass is 9.72. The summed E-state index contributed by atoms with van der Waals surface area (Å²) >= 11 is 3.42. The standard InChI is InChI=1S/C17H25BN2O2.C12H23B2NO3.C11H14BrNO.CH4/c1-12(2)17(21)19-15-6-5-13(3)16(11-15)14-7-9-20(10-8-14)18(4)22;1-11(2)12(3,4)18-14(17-11)10-6-8-15(9-7-10)13(5)16;1-7(2)11(14)13-9-5-4-8(3)10(12)6-9;/h5-7,11-12,22H,8-10H2,1-4H3,(H,19,21);6,16H,7-9H2,1-5H3;4-7H,1-3H3,(H,13,14);1H4. The number of anilines is 2. The zero-order valence-electron chi connectivity index (χ0n) is 34.5. The molecule has 0 aromatic heterocycles. The second-order valence-electron chi connectivity index (χ2n) is 16.1. The van der Waals surface area contributed by atoms with Gasteiger partial charge in [0.25, 0.3) is 0 Å². The molecule has 1 saturated heterocycles. The fourth-order valence-corrected chi connectivity index (χ4v) is 6.19. The lowest BCUT2D eigenvalue weighted by Gasteiger charge is -2.32. The van der Waals surface area contributed by atoms with Gasteiger partial charge in [-0.3, -0.25) is 9.59 Å². The second kappa shape index (κ2) is 21.2. The van der Waals surface area contributed by atoms with Crippen molar-refractivity contribution in [2.75, 3.05) is 36.8 Å². The first-order valence-corrected chi connectivity index (χ1v) is 20.0. The van der Waals surface area contributed by atoms with E-state index in [4.69, 9.17) is 9.31 Å². The Kier molecular flexibility index (Phi) is 18.6. The molecule has 0 radical (unpaired) electrons. The third-order valence-electron chi connectivity index (χ3n) is 10.5. The number of nitrogens with zero attached hydrogens (tertiary/aromatic N) is 2. The summed E-state index contributed by atoms with van der Waals surface area (Å²) in [6.07, 6.45) is 6.10. The summed E-state index contributed by atoms with van der Waals surface area (Å²) in [5, 5.41) is 25.0. The zero-order valence-corrected chi connectivity index (χ0v) is 36.1. The molecule has 10 nitrogen and oxygen atoms in total. The van der Waals surface area contributed by atoms with E-state index in [0.717, 1.165) is 60.4 Å². The molecule has 14 heteroatoms. The SMILES string of the molecule is C.CB(O)N1CC=C(B2OC(C)(C)C(C)(C)O2)CC1.CB(O)N1CC=C(c2cc(NC(=O)C(C)C)ccc2C)CC1.Cc1ccc(NC(=O)C(C)C)cc1Br. The average molecular weight is 823 g/mol. The van der Waals surface area contributed by atoms with Crippen LogP contribution in [-0.2, 0) is 18.9 Å². The van der Waals surface area contributed by atoms with Gasteiger partial charge in [-0.1, -0.05) is 75.3 Å². The molecule has 3 aliphatic rings. The van der Waals surface area contributed by atoms with Crippen LogP contribution in [0.2, 0.25) is 13.6 Å². The van der Waals surface area contributed by atoms with Crippen LogP contribution in [0.25, 0.3) is 5.57 Å². The molecular weight excluding hydrogens is 757 g/mol. The fraction of sp³-hybridized carbons (Fsp3) is 0.561. The molecule has 2 amide bonds. The molecule has 302 valence electrons. The summed E-state index contributed by atoms with van der Waals surface area (Å²) in [5.74, 6) is 0.0572. The number of carbonyl (C=O) groups excluding carboxylic acids is 2. The number of amides is 2. The molecular formula is C41H66B3BrN4O6. The van der Waals surface area contributed by atoms with Crippen molar-refractivity contribution in [1.82, 2.24) is 9.62 Å². The summed E-state index contributed by atoms with van der Waals surface area (Å²) in [6.45, 7) is 26.7. The van der Waals surface area contributed by atoms with Crippen LogP contribution in [0.3, 0.4) is 0 Å². The van der Waals surface area contributed by atoms with Crippen molar-refractivity contribution >= 4 is 65.9 Å². The molecule has 5 rings (SSSR count). The first kappa shape index (κ1) is 48.4. The van der Waals surface area contributed by atoms with Crippen molar-refractivity contribution in [1.29, 1.82) is 0 Å². The molecule has 55 heavy (non-hydrogen) atoms. The Morgan fingerprint density at radius 3 is 1.64 bits per heavy atom. The van der Waals surface area contributed by atoms with Crippen molar-refractivity contribution < 1.29 is 28.9 Å². The van der Waals surface area contributed by atoms with Crippen LogP contribution < -0.4 is 10.6 Å². The van der Waals surface area contributed by atoms with E-state index in [1.54, 1.807) is 13.6 Å². The number of rotatable bonds is 8. The third-order valence-corrected chi connectivity index (χ3v) is 11.3. The lowest BCUT2D eigenvalue weighted by Crippen LogP contribution is -2.41. The second-order valence-corrected chi connectivity index (χ2v) is 17.0. The quantitative estimate of drug-likeness (QED) is 0.197. The largest absolute Gasteiger partial charge is 0.490 e. The van der Waals surface area contributed by atoms with Crippen molar-refractivity contribution in [2.45, 2.75) is 114 Å². The Balaban J connectivity index is 0.000000290. The smallest absolute Gasteiger partial charge is 0.437 e. The average Bonchev–Trinajstić information content (AvgIpc) is 3.33. The maximum Gasteiger partial charge on any atom is 0.490 e. The highest BCUT2D eigenvalue weighted by atomic mass is 79.9. The van der Waals surface area contributed by atoms with Gasteiger partial charge in [0.2, 0.25) is 11.8 Å².